The Morgan fingerprint density at radius 2 is 1.89 bits per heavy atom. The molecule has 4 heteroatoms. The molecule has 1 nitrogen and oxygen atoms in total. The summed E-state index contributed by atoms with van der Waals surface area (Å²) < 4.78 is 2.17. The smallest absolute Gasteiger partial charge is 0.0412 e. The highest BCUT2D eigenvalue weighted by atomic mass is 79.9. The van der Waals surface area contributed by atoms with Crippen molar-refractivity contribution in [1.82, 2.24) is 0 Å². The fourth-order valence-electron chi connectivity index (χ4n) is 1.67. The van der Waals surface area contributed by atoms with Gasteiger partial charge < -0.3 is 5.32 Å². The number of hydrogen-bond donors (Lipinski definition) is 1. The third kappa shape index (κ3) is 3.28. The number of nitrogens with one attached hydrogen (secondary N) is 1. The summed E-state index contributed by atoms with van der Waals surface area (Å²) in [6.07, 6.45) is 0. The van der Waals surface area contributed by atoms with Gasteiger partial charge in [0.25, 0.3) is 0 Å². The number of rotatable bonds is 3. The summed E-state index contributed by atoms with van der Waals surface area (Å²) in [5, 5.41) is 4.17. The van der Waals surface area contributed by atoms with Crippen LogP contribution in [-0.2, 0) is 6.54 Å². The number of halogens is 3. The van der Waals surface area contributed by atoms with E-state index in [2.05, 4.69) is 50.2 Å². The Morgan fingerprint density at radius 3 is 2.67 bits per heavy atom. The van der Waals surface area contributed by atoms with Crippen molar-refractivity contribution in [2.75, 3.05) is 5.32 Å². The Labute approximate surface area is 129 Å². The fourth-order valence-corrected chi connectivity index (χ4v) is 2.62. The van der Waals surface area contributed by atoms with Crippen LogP contribution in [0.4, 0.5) is 5.69 Å². The maximum atomic E-state index is 6.00. The lowest BCUT2D eigenvalue weighted by Crippen LogP contribution is -2.02. The molecular weight excluding hydrogens is 377 g/mol. The Kier molecular flexibility index (Phi) is 4.71. The van der Waals surface area contributed by atoms with Gasteiger partial charge in [0.15, 0.2) is 0 Å². The highest BCUT2D eigenvalue weighted by Crippen LogP contribution is 2.26. The standard InChI is InChI=1S/C14H12Br2ClN/c1-9-12(15)3-2-4-14(9)18-8-10-7-11(17)5-6-13(10)16/h2-7,18H,8H2,1H3. The highest BCUT2D eigenvalue weighted by Gasteiger charge is 2.04. The largest absolute Gasteiger partial charge is 0.381 e. The van der Waals surface area contributed by atoms with E-state index in [9.17, 15) is 0 Å². The number of anilines is 1. The van der Waals surface area contributed by atoms with Crippen LogP contribution in [0.25, 0.3) is 0 Å². The molecule has 2 rings (SSSR count). The second-order valence-electron chi connectivity index (χ2n) is 4.00. The molecule has 0 atom stereocenters. The minimum Gasteiger partial charge on any atom is -0.381 e. The molecule has 0 amide bonds. The Balaban J connectivity index is 2.16. The van der Waals surface area contributed by atoms with E-state index in [1.54, 1.807) is 0 Å². The van der Waals surface area contributed by atoms with Gasteiger partial charge in [0.05, 0.1) is 0 Å². The minimum absolute atomic E-state index is 0.735. The zero-order valence-corrected chi connectivity index (χ0v) is 13.7. The molecule has 1 N–H and O–H groups in total. The van der Waals surface area contributed by atoms with Crippen molar-refractivity contribution in [3.63, 3.8) is 0 Å². The van der Waals surface area contributed by atoms with Gasteiger partial charge in [-0.1, -0.05) is 49.5 Å². The van der Waals surface area contributed by atoms with Crippen molar-refractivity contribution in [3.8, 4) is 0 Å². The normalized spacial score (nSPS) is 10.4. The molecule has 0 heterocycles. The zero-order chi connectivity index (χ0) is 13.1. The second kappa shape index (κ2) is 6.09. The molecule has 0 aromatic heterocycles. The Bertz CT molecular complexity index is 568. The van der Waals surface area contributed by atoms with Crippen molar-refractivity contribution in [2.24, 2.45) is 0 Å². The third-order valence-corrected chi connectivity index (χ3v) is 4.61. The van der Waals surface area contributed by atoms with Crippen LogP contribution in [0, 0.1) is 6.92 Å². The zero-order valence-electron chi connectivity index (χ0n) is 9.81. The van der Waals surface area contributed by atoms with E-state index in [1.807, 2.05) is 30.3 Å². The lowest BCUT2D eigenvalue weighted by molar-refractivity contribution is 1.13. The Hall–Kier alpha value is -0.510. The van der Waals surface area contributed by atoms with Crippen LogP contribution < -0.4 is 5.32 Å². The molecule has 0 aliphatic carbocycles. The van der Waals surface area contributed by atoms with Gasteiger partial charge in [-0.2, -0.15) is 0 Å². The van der Waals surface area contributed by atoms with Crippen LogP contribution in [0.2, 0.25) is 5.02 Å². The summed E-state index contributed by atoms with van der Waals surface area (Å²) in [5.74, 6) is 0. The molecule has 2 aromatic carbocycles. The average molecular weight is 390 g/mol. The summed E-state index contributed by atoms with van der Waals surface area (Å²) in [7, 11) is 0. The van der Waals surface area contributed by atoms with Crippen LogP contribution in [0.5, 0.6) is 0 Å². The van der Waals surface area contributed by atoms with Crippen molar-refractivity contribution < 1.29 is 0 Å². The summed E-state index contributed by atoms with van der Waals surface area (Å²) in [4.78, 5) is 0. The van der Waals surface area contributed by atoms with Gasteiger partial charge in [-0.3, -0.25) is 0 Å². The van der Waals surface area contributed by atoms with Crippen LogP contribution in [0.15, 0.2) is 45.3 Å². The van der Waals surface area contributed by atoms with Crippen LogP contribution in [0.3, 0.4) is 0 Å². The van der Waals surface area contributed by atoms with Gasteiger partial charge in [-0.15, -0.1) is 0 Å². The first-order chi connectivity index (χ1) is 8.58. The molecule has 0 unspecified atom stereocenters. The van der Waals surface area contributed by atoms with Crippen LogP contribution in [-0.4, -0.2) is 0 Å². The van der Waals surface area contributed by atoms with Gasteiger partial charge >= 0.3 is 0 Å². The molecule has 0 aliphatic rings. The number of hydrogen-bond acceptors (Lipinski definition) is 1. The monoisotopic (exact) mass is 387 g/mol. The maximum absolute atomic E-state index is 6.00. The minimum atomic E-state index is 0.735. The first kappa shape index (κ1) is 13.9. The van der Waals surface area contributed by atoms with Crippen molar-refractivity contribution >= 4 is 49.1 Å². The molecule has 0 bridgehead atoms. The SMILES string of the molecule is Cc1c(Br)cccc1NCc1cc(Cl)ccc1Br. The van der Waals surface area contributed by atoms with Gasteiger partial charge in [0, 0.05) is 26.2 Å². The van der Waals surface area contributed by atoms with E-state index in [0.29, 0.717) is 0 Å². The number of benzene rings is 2. The molecule has 2 aromatic rings. The maximum Gasteiger partial charge on any atom is 0.0412 e. The topological polar surface area (TPSA) is 12.0 Å². The van der Waals surface area contributed by atoms with E-state index in [-0.39, 0.29) is 0 Å². The molecule has 0 spiro atoms. The fraction of sp³-hybridized carbons (Fsp3) is 0.143. The van der Waals surface area contributed by atoms with Crippen molar-refractivity contribution in [1.29, 1.82) is 0 Å². The quantitative estimate of drug-likeness (QED) is 0.701. The van der Waals surface area contributed by atoms with Crippen molar-refractivity contribution in [3.05, 3.63) is 61.5 Å². The predicted molar refractivity (Wildman–Crippen MR) is 85.4 cm³/mol. The first-order valence-electron chi connectivity index (χ1n) is 5.51. The molecule has 0 saturated heterocycles. The molecular formula is C14H12Br2ClN. The van der Waals surface area contributed by atoms with Crippen LogP contribution in [0.1, 0.15) is 11.1 Å². The van der Waals surface area contributed by atoms with Gasteiger partial charge in [-0.25, -0.2) is 0 Å². The molecule has 0 aliphatic heterocycles. The van der Waals surface area contributed by atoms with Crippen molar-refractivity contribution in [2.45, 2.75) is 13.5 Å². The molecule has 0 saturated carbocycles. The van der Waals surface area contributed by atoms with Gasteiger partial charge in [-0.05, 0) is 48.4 Å². The molecule has 0 fully saturated rings. The van der Waals surface area contributed by atoms with E-state index in [4.69, 9.17) is 11.6 Å². The predicted octanol–water partition coefficient (Wildman–Crippen LogP) is 5.79. The van der Waals surface area contributed by atoms with Gasteiger partial charge in [0.2, 0.25) is 0 Å². The van der Waals surface area contributed by atoms with E-state index >= 15 is 0 Å². The lowest BCUT2D eigenvalue weighted by atomic mass is 10.2. The lowest BCUT2D eigenvalue weighted by Gasteiger charge is -2.12. The highest BCUT2D eigenvalue weighted by molar-refractivity contribution is 9.10. The second-order valence-corrected chi connectivity index (χ2v) is 6.15. The summed E-state index contributed by atoms with van der Waals surface area (Å²) in [5.41, 5.74) is 3.47. The Morgan fingerprint density at radius 1 is 1.11 bits per heavy atom. The summed E-state index contributed by atoms with van der Waals surface area (Å²) in [6, 6.07) is 11.9. The summed E-state index contributed by atoms with van der Waals surface area (Å²) in [6.45, 7) is 2.82. The van der Waals surface area contributed by atoms with E-state index < -0.39 is 0 Å². The van der Waals surface area contributed by atoms with E-state index in [1.165, 1.54) is 5.56 Å². The summed E-state index contributed by atoms with van der Waals surface area (Å²) >= 11 is 13.1. The molecule has 94 valence electrons. The first-order valence-corrected chi connectivity index (χ1v) is 7.47. The van der Waals surface area contributed by atoms with Crippen LogP contribution >= 0.6 is 43.5 Å². The van der Waals surface area contributed by atoms with E-state index in [0.717, 1.165) is 31.8 Å². The molecule has 18 heavy (non-hydrogen) atoms. The molecule has 0 radical (unpaired) electrons. The average Bonchev–Trinajstić information content (AvgIpc) is 2.35. The van der Waals surface area contributed by atoms with Gasteiger partial charge in [0.1, 0.15) is 0 Å². The third-order valence-electron chi connectivity index (χ3n) is 2.74.